The standard InChI is InChI=1S/C26H39N3O7/c1-17(2)14-19(23(31)29-13-9-12-21(29)24(32)33)27-22(30)20(28-25(34)36-26(3,4)5)16-35-15-18-10-7-6-8-11-18/h6-8,10-11,17,19-21H,9,12-16H2,1-5H3,(H,27,30)(H,28,34)(H,32,33)/t19-,20-,21-/m0/s1. The first-order chi connectivity index (χ1) is 16.9. The molecule has 3 atom stereocenters. The van der Waals surface area contributed by atoms with Crippen LogP contribution in [0.3, 0.4) is 0 Å². The molecule has 3 N–H and O–H groups in total. The van der Waals surface area contributed by atoms with Crippen molar-refractivity contribution in [2.75, 3.05) is 13.2 Å². The Labute approximate surface area is 212 Å². The van der Waals surface area contributed by atoms with E-state index in [4.69, 9.17) is 9.47 Å². The average Bonchev–Trinajstić information content (AvgIpc) is 3.27. The van der Waals surface area contributed by atoms with Gasteiger partial charge in [-0.2, -0.15) is 0 Å². The molecule has 10 heteroatoms. The van der Waals surface area contributed by atoms with E-state index in [1.54, 1.807) is 20.8 Å². The van der Waals surface area contributed by atoms with Crippen molar-refractivity contribution >= 4 is 23.9 Å². The van der Waals surface area contributed by atoms with Crippen LogP contribution >= 0.6 is 0 Å². The van der Waals surface area contributed by atoms with Gasteiger partial charge in [0, 0.05) is 6.54 Å². The van der Waals surface area contributed by atoms with Crippen LogP contribution in [-0.2, 0) is 30.5 Å². The molecule has 1 aliphatic heterocycles. The van der Waals surface area contributed by atoms with Crippen LogP contribution in [0.25, 0.3) is 0 Å². The van der Waals surface area contributed by atoms with E-state index in [0.29, 0.717) is 25.8 Å². The third kappa shape index (κ3) is 9.49. The van der Waals surface area contributed by atoms with Gasteiger partial charge in [-0.3, -0.25) is 9.59 Å². The van der Waals surface area contributed by atoms with Crippen molar-refractivity contribution in [3.63, 3.8) is 0 Å². The molecule has 0 bridgehead atoms. The molecule has 0 aliphatic carbocycles. The maximum atomic E-state index is 13.3. The van der Waals surface area contributed by atoms with Crippen LogP contribution in [0.5, 0.6) is 0 Å². The lowest BCUT2D eigenvalue weighted by Gasteiger charge is -2.29. The number of carbonyl (C=O) groups excluding carboxylic acids is 3. The number of alkyl carbamates (subject to hydrolysis) is 1. The Morgan fingerprint density at radius 2 is 1.75 bits per heavy atom. The number of benzene rings is 1. The van der Waals surface area contributed by atoms with E-state index >= 15 is 0 Å². The fraction of sp³-hybridized carbons (Fsp3) is 0.615. The first-order valence-corrected chi connectivity index (χ1v) is 12.3. The summed E-state index contributed by atoms with van der Waals surface area (Å²) < 4.78 is 11.0. The smallest absolute Gasteiger partial charge is 0.408 e. The number of carboxylic acid groups (broad SMARTS) is 1. The number of nitrogens with one attached hydrogen (secondary N) is 2. The van der Waals surface area contributed by atoms with Gasteiger partial charge < -0.3 is 30.1 Å². The first-order valence-electron chi connectivity index (χ1n) is 12.3. The van der Waals surface area contributed by atoms with Gasteiger partial charge in [0.2, 0.25) is 11.8 Å². The molecule has 0 unspecified atom stereocenters. The average molecular weight is 506 g/mol. The number of carbonyl (C=O) groups is 4. The zero-order chi connectivity index (χ0) is 26.9. The molecule has 36 heavy (non-hydrogen) atoms. The number of ether oxygens (including phenoxy) is 2. The second-order valence-corrected chi connectivity index (χ2v) is 10.4. The Morgan fingerprint density at radius 1 is 1.08 bits per heavy atom. The molecule has 3 amide bonds. The number of aliphatic carboxylic acids is 1. The van der Waals surface area contributed by atoms with E-state index < -0.39 is 47.6 Å². The highest BCUT2D eigenvalue weighted by Crippen LogP contribution is 2.20. The number of nitrogens with zero attached hydrogens (tertiary/aromatic N) is 1. The highest BCUT2D eigenvalue weighted by Gasteiger charge is 2.38. The van der Waals surface area contributed by atoms with Gasteiger partial charge in [-0.1, -0.05) is 44.2 Å². The minimum atomic E-state index is -1.13. The molecule has 1 saturated heterocycles. The van der Waals surface area contributed by atoms with Crippen LogP contribution in [0.15, 0.2) is 30.3 Å². The quantitative estimate of drug-likeness (QED) is 0.421. The molecular weight excluding hydrogens is 466 g/mol. The molecule has 200 valence electrons. The third-order valence-electron chi connectivity index (χ3n) is 5.55. The highest BCUT2D eigenvalue weighted by atomic mass is 16.6. The van der Waals surface area contributed by atoms with E-state index in [1.165, 1.54) is 4.90 Å². The fourth-order valence-electron chi connectivity index (χ4n) is 3.95. The zero-order valence-corrected chi connectivity index (χ0v) is 21.8. The minimum absolute atomic E-state index is 0.0525. The fourth-order valence-corrected chi connectivity index (χ4v) is 3.95. The lowest BCUT2D eigenvalue weighted by Crippen LogP contribution is -2.57. The van der Waals surface area contributed by atoms with E-state index in [0.717, 1.165) is 5.56 Å². The molecule has 1 aromatic carbocycles. The van der Waals surface area contributed by atoms with Crippen molar-refractivity contribution in [3.8, 4) is 0 Å². The summed E-state index contributed by atoms with van der Waals surface area (Å²) in [6.45, 7) is 9.33. The van der Waals surface area contributed by atoms with Crippen molar-refractivity contribution in [3.05, 3.63) is 35.9 Å². The van der Waals surface area contributed by atoms with Crippen molar-refractivity contribution in [2.45, 2.75) is 84.2 Å². The summed E-state index contributed by atoms with van der Waals surface area (Å²) in [6, 6.07) is 6.40. The number of hydrogen-bond donors (Lipinski definition) is 3. The van der Waals surface area contributed by atoms with Crippen LogP contribution in [0.2, 0.25) is 0 Å². The second-order valence-electron chi connectivity index (χ2n) is 10.4. The summed E-state index contributed by atoms with van der Waals surface area (Å²) in [5.41, 5.74) is 0.129. The Bertz CT molecular complexity index is 899. The largest absolute Gasteiger partial charge is 0.480 e. The van der Waals surface area contributed by atoms with Crippen molar-refractivity contribution in [1.82, 2.24) is 15.5 Å². The maximum Gasteiger partial charge on any atom is 0.408 e. The number of rotatable bonds is 11. The highest BCUT2D eigenvalue weighted by molar-refractivity contribution is 5.93. The van der Waals surface area contributed by atoms with Gasteiger partial charge >= 0.3 is 12.1 Å². The lowest BCUT2D eigenvalue weighted by molar-refractivity contribution is -0.149. The van der Waals surface area contributed by atoms with Gasteiger partial charge in [-0.25, -0.2) is 9.59 Å². The summed E-state index contributed by atoms with van der Waals surface area (Å²) >= 11 is 0. The minimum Gasteiger partial charge on any atom is -0.480 e. The maximum absolute atomic E-state index is 13.3. The Hall–Kier alpha value is -3.14. The van der Waals surface area contributed by atoms with Crippen LogP contribution in [0.4, 0.5) is 4.79 Å². The summed E-state index contributed by atoms with van der Waals surface area (Å²) in [4.78, 5) is 51.9. The van der Waals surface area contributed by atoms with Crippen molar-refractivity contribution in [1.29, 1.82) is 0 Å². The normalized spacial score (nSPS) is 17.4. The molecule has 1 aliphatic rings. The topological polar surface area (TPSA) is 134 Å². The molecule has 1 aromatic rings. The summed E-state index contributed by atoms with van der Waals surface area (Å²) in [7, 11) is 0. The van der Waals surface area contributed by atoms with Crippen molar-refractivity contribution < 1.29 is 33.8 Å². The van der Waals surface area contributed by atoms with E-state index in [9.17, 15) is 24.3 Å². The number of hydrogen-bond acceptors (Lipinski definition) is 6. The summed E-state index contributed by atoms with van der Waals surface area (Å²) in [5.74, 6) is -2.06. The Morgan fingerprint density at radius 3 is 2.33 bits per heavy atom. The second kappa shape index (κ2) is 13.2. The molecule has 1 fully saturated rings. The molecule has 0 spiro atoms. The number of amides is 3. The molecule has 0 aromatic heterocycles. The van der Waals surface area contributed by atoms with Crippen molar-refractivity contribution in [2.24, 2.45) is 5.92 Å². The lowest BCUT2D eigenvalue weighted by atomic mass is 10.0. The van der Waals surface area contributed by atoms with Gasteiger partial charge in [-0.15, -0.1) is 0 Å². The zero-order valence-electron chi connectivity index (χ0n) is 21.8. The van der Waals surface area contributed by atoms with Gasteiger partial charge in [0.15, 0.2) is 0 Å². The van der Waals surface area contributed by atoms with Crippen LogP contribution in [0, 0.1) is 5.92 Å². The number of carboxylic acids is 1. The monoisotopic (exact) mass is 505 g/mol. The predicted octanol–water partition coefficient (Wildman–Crippen LogP) is 2.70. The SMILES string of the molecule is CC(C)C[C@H](NC(=O)[C@H](COCc1ccccc1)NC(=O)OC(C)(C)C)C(=O)N1CCC[C@H]1C(=O)O. The van der Waals surface area contributed by atoms with Gasteiger partial charge in [-0.05, 0) is 51.5 Å². The third-order valence-corrected chi connectivity index (χ3v) is 5.55. The summed E-state index contributed by atoms with van der Waals surface area (Å²) in [5, 5.41) is 14.8. The van der Waals surface area contributed by atoms with Crippen LogP contribution < -0.4 is 10.6 Å². The molecule has 2 rings (SSSR count). The van der Waals surface area contributed by atoms with E-state index in [2.05, 4.69) is 10.6 Å². The van der Waals surface area contributed by atoms with E-state index in [1.807, 2.05) is 44.2 Å². The number of likely N-dealkylation sites (tertiary alicyclic amines) is 1. The molecule has 0 saturated carbocycles. The van der Waals surface area contributed by atoms with E-state index in [-0.39, 0.29) is 19.1 Å². The van der Waals surface area contributed by atoms with Gasteiger partial charge in [0.1, 0.15) is 23.7 Å². The van der Waals surface area contributed by atoms with Crippen LogP contribution in [-0.4, -0.2) is 70.8 Å². The van der Waals surface area contributed by atoms with Crippen LogP contribution in [0.1, 0.15) is 59.4 Å². The molecule has 0 radical (unpaired) electrons. The Kier molecular flexibility index (Phi) is 10.7. The molecular formula is C26H39N3O7. The summed E-state index contributed by atoms with van der Waals surface area (Å²) in [6.07, 6.45) is 0.487. The Balaban J connectivity index is 2.15. The molecule has 1 heterocycles. The molecule has 10 nitrogen and oxygen atoms in total. The van der Waals surface area contributed by atoms with Gasteiger partial charge in [0.25, 0.3) is 0 Å². The predicted molar refractivity (Wildman–Crippen MR) is 133 cm³/mol. The van der Waals surface area contributed by atoms with Gasteiger partial charge in [0.05, 0.1) is 13.2 Å². The first kappa shape index (κ1) is 29.1.